The maximum Gasteiger partial charge on any atom is 0.266 e. The number of aliphatic carboxylic acids is 1. The summed E-state index contributed by atoms with van der Waals surface area (Å²) in [5.41, 5.74) is 0.822. The topological polar surface area (TPSA) is 69.7 Å². The predicted molar refractivity (Wildman–Crippen MR) is 101 cm³/mol. The van der Waals surface area contributed by atoms with Crippen LogP contribution in [0.25, 0.3) is 6.08 Å². The average molecular weight is 378 g/mol. The summed E-state index contributed by atoms with van der Waals surface area (Å²) in [7, 11) is 0. The van der Waals surface area contributed by atoms with Crippen molar-refractivity contribution in [1.29, 1.82) is 0 Å². The third-order valence-electron chi connectivity index (χ3n) is 3.75. The first-order chi connectivity index (χ1) is 11.9. The number of thioether (sulfide) groups is 1. The van der Waals surface area contributed by atoms with Crippen LogP contribution in [0.1, 0.15) is 38.7 Å². The molecule has 0 radical (unpaired) electrons. The van der Waals surface area contributed by atoms with Crippen molar-refractivity contribution in [3.05, 3.63) is 34.7 Å². The summed E-state index contributed by atoms with van der Waals surface area (Å²) in [6, 6.07) is 6.32. The molecule has 25 heavy (non-hydrogen) atoms. The molecule has 134 valence electrons. The molecule has 0 unspecified atom stereocenters. The first-order valence-corrected chi connectivity index (χ1v) is 9.37. The minimum Gasteiger partial charge on any atom is -0.548 e. The maximum atomic E-state index is 12.4. The quantitative estimate of drug-likeness (QED) is 0.393. The maximum absolute atomic E-state index is 12.4. The Hall–Kier alpha value is -1.86. The smallest absolute Gasteiger partial charge is 0.266 e. The monoisotopic (exact) mass is 378 g/mol. The molecule has 0 aromatic heterocycles. The fraction of sp³-hybridized carbons (Fsp3) is 0.389. The number of carbonyl (C=O) groups excluding carboxylic acids is 2. The van der Waals surface area contributed by atoms with E-state index in [0.717, 1.165) is 47.2 Å². The van der Waals surface area contributed by atoms with Gasteiger partial charge in [-0.25, -0.2) is 0 Å². The Morgan fingerprint density at radius 2 is 2.04 bits per heavy atom. The highest BCUT2D eigenvalue weighted by atomic mass is 32.2. The first kappa shape index (κ1) is 19.5. The van der Waals surface area contributed by atoms with Gasteiger partial charge in [-0.05, 0) is 37.1 Å². The number of ether oxygens (including phenoxy) is 1. The van der Waals surface area contributed by atoms with Crippen LogP contribution in [-0.2, 0) is 9.59 Å². The number of nitrogens with zero attached hydrogens (tertiary/aromatic N) is 1. The van der Waals surface area contributed by atoms with E-state index in [2.05, 4.69) is 6.92 Å². The summed E-state index contributed by atoms with van der Waals surface area (Å²) in [4.78, 5) is 24.8. The van der Waals surface area contributed by atoms with Gasteiger partial charge in [-0.15, -0.1) is 0 Å². The van der Waals surface area contributed by atoms with Gasteiger partial charge in [0.05, 0.1) is 23.5 Å². The van der Waals surface area contributed by atoms with Crippen LogP contribution in [0.3, 0.4) is 0 Å². The molecule has 1 aromatic rings. The Kier molecular flexibility index (Phi) is 7.01. The third kappa shape index (κ3) is 5.06. The molecule has 0 aliphatic carbocycles. The summed E-state index contributed by atoms with van der Waals surface area (Å²) in [5, 5.41) is 11.0. The zero-order valence-corrected chi connectivity index (χ0v) is 15.8. The minimum absolute atomic E-state index is 0.226. The number of carboxylic acids is 1. The van der Waals surface area contributed by atoms with Crippen molar-refractivity contribution in [1.82, 2.24) is 4.90 Å². The lowest BCUT2D eigenvalue weighted by molar-refractivity contribution is -0.309. The van der Waals surface area contributed by atoms with Gasteiger partial charge in [0, 0.05) is 0 Å². The zero-order valence-electron chi connectivity index (χ0n) is 14.2. The van der Waals surface area contributed by atoms with Crippen molar-refractivity contribution in [2.24, 2.45) is 0 Å². The van der Waals surface area contributed by atoms with Crippen LogP contribution in [0.5, 0.6) is 5.75 Å². The van der Waals surface area contributed by atoms with E-state index in [1.165, 1.54) is 6.92 Å². The number of thiocarbonyl (C=S) groups is 1. The molecule has 1 aromatic carbocycles. The molecule has 0 saturated carbocycles. The van der Waals surface area contributed by atoms with Gasteiger partial charge in [0.2, 0.25) is 0 Å². The molecule has 1 fully saturated rings. The highest BCUT2D eigenvalue weighted by Gasteiger charge is 2.35. The molecule has 0 N–H and O–H groups in total. The zero-order chi connectivity index (χ0) is 18.4. The fourth-order valence-corrected chi connectivity index (χ4v) is 3.69. The Labute approximate surface area is 157 Å². The van der Waals surface area contributed by atoms with Crippen molar-refractivity contribution < 1.29 is 19.4 Å². The van der Waals surface area contributed by atoms with Crippen molar-refractivity contribution in [3.63, 3.8) is 0 Å². The van der Waals surface area contributed by atoms with E-state index in [9.17, 15) is 14.7 Å². The molecule has 7 heteroatoms. The van der Waals surface area contributed by atoms with Crippen molar-refractivity contribution >= 4 is 46.3 Å². The Balaban J connectivity index is 2.04. The second kappa shape index (κ2) is 9.01. The standard InChI is InChI=1S/C18H21NO4S2/c1-3-4-5-10-23-14-8-6-13(7-9-14)11-15-16(20)19(18(24)25-15)12(2)17(21)22/h6-9,11-12H,3-5,10H2,1-2H3,(H,21,22)/p-1/b15-11-/t12-/m0/s1. The molecule has 1 heterocycles. The summed E-state index contributed by atoms with van der Waals surface area (Å²) in [5.74, 6) is -0.958. The second-order valence-electron chi connectivity index (χ2n) is 5.67. The highest BCUT2D eigenvalue weighted by molar-refractivity contribution is 8.26. The van der Waals surface area contributed by atoms with Gasteiger partial charge in [0.15, 0.2) is 0 Å². The van der Waals surface area contributed by atoms with E-state index in [1.54, 1.807) is 6.08 Å². The largest absolute Gasteiger partial charge is 0.548 e. The molecule has 1 aliphatic heterocycles. The first-order valence-electron chi connectivity index (χ1n) is 8.14. The van der Waals surface area contributed by atoms with Crippen molar-refractivity contribution in [2.45, 2.75) is 39.2 Å². The Bertz CT molecular complexity index is 685. The van der Waals surface area contributed by atoms with Crippen LogP contribution in [0, 0.1) is 0 Å². The number of unbranched alkanes of at least 4 members (excludes halogenated alkanes) is 2. The molecular formula is C18H20NO4S2-. The molecule has 1 atom stereocenters. The summed E-state index contributed by atoms with van der Waals surface area (Å²) < 4.78 is 5.88. The average Bonchev–Trinajstić information content (AvgIpc) is 2.86. The van der Waals surface area contributed by atoms with Gasteiger partial charge in [0.1, 0.15) is 10.1 Å². The number of carboxylic acid groups (broad SMARTS) is 1. The number of hydrogen-bond acceptors (Lipinski definition) is 6. The van der Waals surface area contributed by atoms with Crippen LogP contribution in [0.2, 0.25) is 0 Å². The molecule has 2 rings (SSSR count). The number of rotatable bonds is 8. The summed E-state index contributed by atoms with van der Waals surface area (Å²) in [6.07, 6.45) is 5.01. The van der Waals surface area contributed by atoms with Gasteiger partial charge < -0.3 is 14.6 Å². The molecular weight excluding hydrogens is 358 g/mol. The molecule has 1 aliphatic rings. The van der Waals surface area contributed by atoms with Gasteiger partial charge >= 0.3 is 0 Å². The normalized spacial score (nSPS) is 17.2. The van der Waals surface area contributed by atoms with E-state index in [4.69, 9.17) is 17.0 Å². The van der Waals surface area contributed by atoms with E-state index in [1.807, 2.05) is 24.3 Å². The van der Waals surface area contributed by atoms with Gasteiger partial charge in [-0.1, -0.05) is 55.9 Å². The van der Waals surface area contributed by atoms with E-state index >= 15 is 0 Å². The van der Waals surface area contributed by atoms with Crippen LogP contribution in [0.4, 0.5) is 0 Å². The van der Waals surface area contributed by atoms with E-state index in [0.29, 0.717) is 11.5 Å². The molecule has 0 bridgehead atoms. The van der Waals surface area contributed by atoms with Crippen LogP contribution < -0.4 is 9.84 Å². The predicted octanol–water partition coefficient (Wildman–Crippen LogP) is 2.60. The second-order valence-corrected chi connectivity index (χ2v) is 7.35. The lowest BCUT2D eigenvalue weighted by Gasteiger charge is -2.23. The Morgan fingerprint density at radius 1 is 1.36 bits per heavy atom. The van der Waals surface area contributed by atoms with Crippen molar-refractivity contribution in [3.8, 4) is 5.75 Å². The summed E-state index contributed by atoms with van der Waals surface area (Å²) >= 11 is 6.20. The van der Waals surface area contributed by atoms with Gasteiger partial charge in [-0.3, -0.25) is 9.69 Å². The van der Waals surface area contributed by atoms with Gasteiger partial charge in [0.25, 0.3) is 5.91 Å². The van der Waals surface area contributed by atoms with Gasteiger partial charge in [-0.2, -0.15) is 0 Å². The van der Waals surface area contributed by atoms with Crippen LogP contribution in [0.15, 0.2) is 29.2 Å². The lowest BCUT2D eigenvalue weighted by atomic mass is 10.2. The lowest BCUT2D eigenvalue weighted by Crippen LogP contribution is -2.48. The SMILES string of the molecule is CCCCCOc1ccc(/C=C2\SC(=S)N([C@@H](C)C(=O)[O-])C2=O)cc1. The molecule has 0 spiro atoms. The minimum atomic E-state index is -1.33. The molecule has 1 amide bonds. The summed E-state index contributed by atoms with van der Waals surface area (Å²) in [6.45, 7) is 4.21. The molecule has 1 saturated heterocycles. The van der Waals surface area contributed by atoms with E-state index in [-0.39, 0.29) is 4.32 Å². The van der Waals surface area contributed by atoms with E-state index < -0.39 is 17.9 Å². The number of hydrogen-bond donors (Lipinski definition) is 0. The van der Waals surface area contributed by atoms with Crippen LogP contribution in [-0.4, -0.2) is 33.7 Å². The highest BCUT2D eigenvalue weighted by Crippen LogP contribution is 2.34. The Morgan fingerprint density at radius 3 is 2.64 bits per heavy atom. The van der Waals surface area contributed by atoms with Crippen molar-refractivity contribution in [2.75, 3.05) is 6.61 Å². The molecule has 5 nitrogen and oxygen atoms in total. The number of benzene rings is 1. The fourth-order valence-electron chi connectivity index (χ4n) is 2.27. The number of carbonyl (C=O) groups is 2. The van der Waals surface area contributed by atoms with Crippen LogP contribution >= 0.6 is 24.0 Å². The third-order valence-corrected chi connectivity index (χ3v) is 5.08. The number of amides is 1.